The number of allylic oxidation sites excluding steroid dienone is 2. The van der Waals surface area contributed by atoms with Gasteiger partial charge in [-0.05, 0) is 12.5 Å². The minimum atomic E-state index is 0.769. The Morgan fingerprint density at radius 2 is 2.15 bits per heavy atom. The number of hydrogen-bond donors (Lipinski definition) is 1. The van der Waals surface area contributed by atoms with Gasteiger partial charge in [-0.2, -0.15) is 5.26 Å². The molecule has 2 nitrogen and oxygen atoms in total. The molecular weight excluding hydrogens is 160 g/mol. The highest BCUT2D eigenvalue weighted by atomic mass is 14.9. The zero-order valence-corrected chi connectivity index (χ0v) is 7.62. The molecule has 0 radical (unpaired) electrons. The molecule has 0 amide bonds. The molecule has 13 heavy (non-hydrogen) atoms. The van der Waals surface area contributed by atoms with Crippen molar-refractivity contribution in [3.05, 3.63) is 47.7 Å². The fourth-order valence-electron chi connectivity index (χ4n) is 0.985. The molecule has 0 unspecified atom stereocenters. The summed E-state index contributed by atoms with van der Waals surface area (Å²) in [5.41, 5.74) is 2.11. The first kappa shape index (κ1) is 9.34. The lowest BCUT2D eigenvalue weighted by Gasteiger charge is -2.04. The molecule has 0 heterocycles. The molecule has 1 N–H and O–H groups in total. The summed E-state index contributed by atoms with van der Waals surface area (Å²) in [6, 6.07) is 12.1. The van der Waals surface area contributed by atoms with Crippen LogP contribution >= 0.6 is 0 Å². The zero-order valence-electron chi connectivity index (χ0n) is 7.62. The summed E-state index contributed by atoms with van der Waals surface area (Å²) in [4.78, 5) is 0. The SMILES string of the molecule is CC(=CC#N)NCc1ccccc1. The Kier molecular flexibility index (Phi) is 3.59. The highest BCUT2D eigenvalue weighted by Gasteiger charge is 1.90. The van der Waals surface area contributed by atoms with Gasteiger partial charge in [-0.25, -0.2) is 0 Å². The van der Waals surface area contributed by atoms with Crippen LogP contribution in [0.2, 0.25) is 0 Å². The zero-order chi connectivity index (χ0) is 9.52. The van der Waals surface area contributed by atoms with E-state index >= 15 is 0 Å². The van der Waals surface area contributed by atoms with Gasteiger partial charge < -0.3 is 5.32 Å². The van der Waals surface area contributed by atoms with Crippen LogP contribution in [0.5, 0.6) is 0 Å². The van der Waals surface area contributed by atoms with Crippen molar-refractivity contribution in [2.24, 2.45) is 0 Å². The van der Waals surface area contributed by atoms with E-state index in [1.807, 2.05) is 43.3 Å². The molecule has 0 aliphatic heterocycles. The van der Waals surface area contributed by atoms with E-state index in [2.05, 4.69) is 5.32 Å². The number of nitrogens with zero attached hydrogens (tertiary/aromatic N) is 1. The second kappa shape index (κ2) is 5.00. The quantitative estimate of drug-likeness (QED) is 0.709. The predicted octanol–water partition coefficient (Wildman–Crippen LogP) is 2.20. The first-order valence-corrected chi connectivity index (χ1v) is 4.17. The van der Waals surface area contributed by atoms with E-state index in [9.17, 15) is 0 Å². The number of rotatable bonds is 3. The molecule has 0 fully saturated rings. The third-order valence-corrected chi connectivity index (χ3v) is 1.70. The fourth-order valence-corrected chi connectivity index (χ4v) is 0.985. The average Bonchev–Trinajstić information content (AvgIpc) is 2.17. The van der Waals surface area contributed by atoms with E-state index in [-0.39, 0.29) is 0 Å². The van der Waals surface area contributed by atoms with Crippen LogP contribution in [0.3, 0.4) is 0 Å². The lowest BCUT2D eigenvalue weighted by molar-refractivity contribution is 0.812. The van der Waals surface area contributed by atoms with Crippen LogP contribution in [-0.2, 0) is 6.54 Å². The van der Waals surface area contributed by atoms with Crippen LogP contribution in [0, 0.1) is 11.3 Å². The summed E-state index contributed by atoms with van der Waals surface area (Å²) in [6.07, 6.45) is 1.50. The Morgan fingerprint density at radius 3 is 2.77 bits per heavy atom. The lowest BCUT2D eigenvalue weighted by atomic mass is 10.2. The fraction of sp³-hybridized carbons (Fsp3) is 0.182. The van der Waals surface area contributed by atoms with Gasteiger partial charge in [0.05, 0.1) is 6.07 Å². The van der Waals surface area contributed by atoms with E-state index in [0.29, 0.717) is 0 Å². The van der Waals surface area contributed by atoms with Crippen molar-refractivity contribution in [3.8, 4) is 6.07 Å². The van der Waals surface area contributed by atoms with Gasteiger partial charge in [-0.1, -0.05) is 30.3 Å². The van der Waals surface area contributed by atoms with Crippen molar-refractivity contribution in [1.29, 1.82) is 5.26 Å². The van der Waals surface area contributed by atoms with Gasteiger partial charge in [-0.15, -0.1) is 0 Å². The van der Waals surface area contributed by atoms with Crippen molar-refractivity contribution < 1.29 is 0 Å². The van der Waals surface area contributed by atoms with Gasteiger partial charge in [0.1, 0.15) is 0 Å². The summed E-state index contributed by atoms with van der Waals surface area (Å²) < 4.78 is 0. The molecule has 0 aromatic heterocycles. The minimum Gasteiger partial charge on any atom is -0.384 e. The molecule has 0 aliphatic carbocycles. The Morgan fingerprint density at radius 1 is 1.46 bits per heavy atom. The van der Waals surface area contributed by atoms with E-state index in [4.69, 9.17) is 5.26 Å². The van der Waals surface area contributed by atoms with Gasteiger partial charge in [-0.3, -0.25) is 0 Å². The topological polar surface area (TPSA) is 35.8 Å². The molecule has 0 spiro atoms. The van der Waals surface area contributed by atoms with Crippen molar-refractivity contribution in [3.63, 3.8) is 0 Å². The van der Waals surface area contributed by atoms with Crippen LogP contribution in [0.25, 0.3) is 0 Å². The standard InChI is InChI=1S/C11H12N2/c1-10(7-8-12)13-9-11-5-3-2-4-6-11/h2-7,13H,9H2,1H3. The minimum absolute atomic E-state index is 0.769. The van der Waals surface area contributed by atoms with E-state index in [1.54, 1.807) is 0 Å². The first-order valence-electron chi connectivity index (χ1n) is 4.17. The van der Waals surface area contributed by atoms with Gasteiger partial charge in [0.2, 0.25) is 0 Å². The molecule has 66 valence electrons. The third kappa shape index (κ3) is 3.44. The van der Waals surface area contributed by atoms with Crippen LogP contribution in [0.4, 0.5) is 0 Å². The second-order valence-corrected chi connectivity index (χ2v) is 2.80. The molecule has 1 rings (SSSR count). The highest BCUT2D eigenvalue weighted by Crippen LogP contribution is 1.98. The summed E-state index contributed by atoms with van der Waals surface area (Å²) in [5, 5.41) is 11.5. The summed E-state index contributed by atoms with van der Waals surface area (Å²) in [6.45, 7) is 2.65. The number of hydrogen-bond acceptors (Lipinski definition) is 2. The molecule has 0 bridgehead atoms. The lowest BCUT2D eigenvalue weighted by Crippen LogP contribution is -2.09. The summed E-state index contributed by atoms with van der Waals surface area (Å²) >= 11 is 0. The van der Waals surface area contributed by atoms with Crippen LogP contribution in [0.1, 0.15) is 12.5 Å². The Bertz CT molecular complexity index is 320. The normalized spacial score (nSPS) is 10.6. The Balaban J connectivity index is 2.45. The predicted molar refractivity (Wildman–Crippen MR) is 52.7 cm³/mol. The average molecular weight is 172 g/mol. The number of benzene rings is 1. The molecule has 1 aromatic rings. The van der Waals surface area contributed by atoms with Crippen molar-refractivity contribution in [2.75, 3.05) is 0 Å². The molecule has 1 aromatic carbocycles. The van der Waals surface area contributed by atoms with Crippen LogP contribution < -0.4 is 5.32 Å². The molecule has 0 saturated carbocycles. The Hall–Kier alpha value is -1.75. The summed E-state index contributed by atoms with van der Waals surface area (Å²) in [7, 11) is 0. The van der Waals surface area contributed by atoms with E-state index in [1.165, 1.54) is 11.6 Å². The smallest absolute Gasteiger partial charge is 0.0930 e. The summed E-state index contributed by atoms with van der Waals surface area (Å²) in [5.74, 6) is 0. The second-order valence-electron chi connectivity index (χ2n) is 2.80. The molecule has 0 saturated heterocycles. The molecule has 0 atom stereocenters. The van der Waals surface area contributed by atoms with Gasteiger partial charge in [0, 0.05) is 18.3 Å². The molecular formula is C11H12N2. The highest BCUT2D eigenvalue weighted by molar-refractivity contribution is 5.16. The maximum atomic E-state index is 8.37. The van der Waals surface area contributed by atoms with E-state index in [0.717, 1.165) is 12.2 Å². The van der Waals surface area contributed by atoms with Crippen LogP contribution in [-0.4, -0.2) is 0 Å². The first-order chi connectivity index (χ1) is 6.33. The monoisotopic (exact) mass is 172 g/mol. The van der Waals surface area contributed by atoms with Gasteiger partial charge >= 0.3 is 0 Å². The molecule has 2 heteroatoms. The van der Waals surface area contributed by atoms with Crippen molar-refractivity contribution in [1.82, 2.24) is 5.32 Å². The maximum Gasteiger partial charge on any atom is 0.0930 e. The van der Waals surface area contributed by atoms with Gasteiger partial charge in [0.15, 0.2) is 0 Å². The largest absolute Gasteiger partial charge is 0.384 e. The van der Waals surface area contributed by atoms with Crippen molar-refractivity contribution in [2.45, 2.75) is 13.5 Å². The van der Waals surface area contributed by atoms with Crippen molar-refractivity contribution >= 4 is 0 Å². The number of nitriles is 1. The van der Waals surface area contributed by atoms with Gasteiger partial charge in [0.25, 0.3) is 0 Å². The van der Waals surface area contributed by atoms with Crippen LogP contribution in [0.15, 0.2) is 42.1 Å². The maximum absolute atomic E-state index is 8.37. The third-order valence-electron chi connectivity index (χ3n) is 1.70. The van der Waals surface area contributed by atoms with E-state index < -0.39 is 0 Å². The molecule has 0 aliphatic rings. The number of nitrogens with one attached hydrogen (secondary N) is 1. The Labute approximate surface area is 78.5 Å².